The van der Waals surface area contributed by atoms with Crippen LogP contribution in [-0.4, -0.2) is 33.2 Å². The Balaban J connectivity index is 0.850. The van der Waals surface area contributed by atoms with Gasteiger partial charge in [0, 0.05) is 18.0 Å². The average molecular weight is 813 g/mol. The number of pyridine rings is 1. The van der Waals surface area contributed by atoms with Crippen LogP contribution in [-0.2, 0) is 29.0 Å². The minimum Gasteiger partial charge on any atom is -0.494 e. The number of unbranched alkanes of at least 4 members (excludes halogenated alkanes) is 1. The quantitative estimate of drug-likeness (QED) is 0.0855. The number of nitrogens with one attached hydrogen (secondary N) is 1. The molecule has 1 saturated heterocycles. The van der Waals surface area contributed by atoms with Gasteiger partial charge in [0.25, 0.3) is 11.5 Å². The van der Waals surface area contributed by atoms with Crippen LogP contribution in [0.25, 0.3) is 0 Å². The van der Waals surface area contributed by atoms with Gasteiger partial charge in [-0.3, -0.25) is 24.7 Å². The Morgan fingerprint density at radius 1 is 0.780 bits per heavy atom. The van der Waals surface area contributed by atoms with Crippen molar-refractivity contribution in [1.29, 1.82) is 0 Å². The topological polar surface area (TPSA) is 122 Å². The first-order valence-corrected chi connectivity index (χ1v) is 20.2. The van der Waals surface area contributed by atoms with Crippen LogP contribution in [0.1, 0.15) is 83.5 Å². The number of imide groups is 1. The minimum absolute atomic E-state index is 0.0371. The maximum atomic E-state index is 13.9. The Hall–Kier alpha value is -6.33. The second-order valence-corrected chi connectivity index (χ2v) is 15.2. The molecule has 1 aliphatic carbocycles. The van der Waals surface area contributed by atoms with Gasteiger partial charge in [0.1, 0.15) is 35.7 Å². The normalized spacial score (nSPS) is 17.5. The van der Waals surface area contributed by atoms with Gasteiger partial charge in [-0.2, -0.15) is 5.10 Å². The van der Waals surface area contributed by atoms with Crippen molar-refractivity contribution < 1.29 is 28.2 Å². The van der Waals surface area contributed by atoms with Gasteiger partial charge < -0.3 is 14.2 Å². The molecule has 59 heavy (non-hydrogen) atoms. The summed E-state index contributed by atoms with van der Waals surface area (Å²) in [7, 11) is 0. The molecule has 8 rings (SSSR count). The van der Waals surface area contributed by atoms with Crippen LogP contribution in [0.3, 0.4) is 0 Å². The van der Waals surface area contributed by atoms with Gasteiger partial charge >= 0.3 is 0 Å². The van der Waals surface area contributed by atoms with Crippen molar-refractivity contribution in [3.8, 4) is 23.0 Å². The van der Waals surface area contributed by atoms with Crippen molar-refractivity contribution in [1.82, 2.24) is 20.1 Å². The second-order valence-electron chi connectivity index (χ2n) is 14.8. The van der Waals surface area contributed by atoms with Gasteiger partial charge in [0.2, 0.25) is 5.91 Å². The summed E-state index contributed by atoms with van der Waals surface area (Å²) in [5, 5.41) is 6.06. The highest BCUT2D eigenvalue weighted by atomic mass is 35.5. The predicted octanol–water partition coefficient (Wildman–Crippen LogP) is 9.04. The monoisotopic (exact) mass is 812 g/mol. The fourth-order valence-electron chi connectivity index (χ4n) is 7.86. The summed E-state index contributed by atoms with van der Waals surface area (Å²) in [6, 6.07) is 34.5. The van der Waals surface area contributed by atoms with E-state index in [2.05, 4.69) is 57.9 Å². The molecule has 4 aromatic carbocycles. The van der Waals surface area contributed by atoms with Crippen molar-refractivity contribution >= 4 is 23.4 Å². The second kappa shape index (κ2) is 18.1. The Morgan fingerprint density at radius 3 is 2.31 bits per heavy atom. The molecule has 10 nitrogen and oxygen atoms in total. The molecule has 3 atom stereocenters. The first-order chi connectivity index (χ1) is 28.8. The SMILES string of the molecule is O=C1CCC(n2ncc(Oc3ccc(CCCCOc4ccc(C5c6ccc(OCc7ccccc7)cc6CCC5c5ccc(F)cc5)cc4)nc3)c(Cl)c2=O)C(=O)N1. The van der Waals surface area contributed by atoms with Gasteiger partial charge in [-0.1, -0.05) is 72.3 Å². The molecule has 0 spiro atoms. The van der Waals surface area contributed by atoms with E-state index < -0.39 is 23.4 Å². The third-order valence-electron chi connectivity index (χ3n) is 10.9. The molecular formula is C47H42ClFN4O6. The lowest BCUT2D eigenvalue weighted by atomic mass is 9.69. The number of fused-ring (bicyclic) bond motifs is 1. The van der Waals surface area contributed by atoms with Crippen LogP contribution < -0.4 is 25.1 Å². The Morgan fingerprint density at radius 2 is 1.54 bits per heavy atom. The van der Waals surface area contributed by atoms with Gasteiger partial charge in [0.05, 0.1) is 19.0 Å². The molecule has 2 aromatic heterocycles. The number of halogens is 2. The number of hydrogen-bond donors (Lipinski definition) is 1. The largest absolute Gasteiger partial charge is 0.494 e. The number of aromatic nitrogens is 3. The van der Waals surface area contributed by atoms with Crippen molar-refractivity contribution in [2.45, 2.75) is 69.4 Å². The molecule has 6 aromatic rings. The Kier molecular flexibility index (Phi) is 12.1. The maximum Gasteiger partial charge on any atom is 0.290 e. The molecule has 0 saturated carbocycles. The van der Waals surface area contributed by atoms with Crippen LogP contribution in [0, 0.1) is 5.82 Å². The van der Waals surface area contributed by atoms with E-state index >= 15 is 0 Å². The molecule has 2 amide bonds. The molecule has 1 aliphatic heterocycles. The smallest absolute Gasteiger partial charge is 0.290 e. The molecule has 0 radical (unpaired) electrons. The zero-order chi connectivity index (χ0) is 40.7. The number of rotatable bonds is 14. The van der Waals surface area contributed by atoms with E-state index in [-0.39, 0.29) is 41.3 Å². The maximum absolute atomic E-state index is 13.9. The summed E-state index contributed by atoms with van der Waals surface area (Å²) in [5.41, 5.74) is 6.14. The number of hydrogen-bond acceptors (Lipinski definition) is 8. The van der Waals surface area contributed by atoms with Crippen molar-refractivity contribution in [2.75, 3.05) is 6.61 Å². The number of carbonyl (C=O) groups excluding carboxylic acids is 2. The molecule has 3 heterocycles. The predicted molar refractivity (Wildman–Crippen MR) is 221 cm³/mol. The first-order valence-electron chi connectivity index (χ1n) is 19.8. The zero-order valence-electron chi connectivity index (χ0n) is 32.2. The summed E-state index contributed by atoms with van der Waals surface area (Å²) >= 11 is 6.30. The number of piperidine rings is 1. The van der Waals surface area contributed by atoms with Gasteiger partial charge in [-0.25, -0.2) is 9.07 Å². The van der Waals surface area contributed by atoms with Crippen LogP contribution in [0.5, 0.6) is 23.0 Å². The molecule has 12 heteroatoms. The zero-order valence-corrected chi connectivity index (χ0v) is 32.9. The highest BCUT2D eigenvalue weighted by Gasteiger charge is 2.33. The van der Waals surface area contributed by atoms with Crippen LogP contribution in [0.2, 0.25) is 5.02 Å². The summed E-state index contributed by atoms with van der Waals surface area (Å²) in [5.74, 6) is 1.13. The van der Waals surface area contributed by atoms with Crippen LogP contribution >= 0.6 is 11.6 Å². The van der Waals surface area contributed by atoms with Gasteiger partial charge in [-0.05, 0) is 121 Å². The molecular weight excluding hydrogens is 771 g/mol. The highest BCUT2D eigenvalue weighted by molar-refractivity contribution is 6.31. The number of ether oxygens (including phenoxy) is 3. The van der Waals surface area contributed by atoms with E-state index in [0.29, 0.717) is 19.0 Å². The number of nitrogens with zero attached hydrogens (tertiary/aromatic N) is 3. The van der Waals surface area contributed by atoms with Crippen LogP contribution in [0.4, 0.5) is 4.39 Å². The molecule has 2 aliphatic rings. The van der Waals surface area contributed by atoms with Crippen molar-refractivity contribution in [2.24, 2.45) is 0 Å². The molecule has 0 bridgehead atoms. The average Bonchev–Trinajstić information content (AvgIpc) is 3.26. The van der Waals surface area contributed by atoms with Crippen LogP contribution in [0.15, 0.2) is 126 Å². The van der Waals surface area contributed by atoms with E-state index in [9.17, 15) is 18.8 Å². The first kappa shape index (κ1) is 39.5. The summed E-state index contributed by atoms with van der Waals surface area (Å²) < 4.78 is 33.0. The number of amides is 2. The third kappa shape index (κ3) is 9.37. The number of benzene rings is 4. The third-order valence-corrected chi connectivity index (χ3v) is 11.2. The molecule has 300 valence electrons. The summed E-state index contributed by atoms with van der Waals surface area (Å²) in [4.78, 5) is 41.1. The summed E-state index contributed by atoms with van der Waals surface area (Å²) in [6.07, 6.45) is 7.34. The highest BCUT2D eigenvalue weighted by Crippen LogP contribution is 2.47. The Labute approximate surface area is 345 Å². The fraction of sp³-hybridized carbons (Fsp3) is 0.255. The fourth-order valence-corrected chi connectivity index (χ4v) is 8.04. The molecule has 1 N–H and O–H groups in total. The van der Waals surface area contributed by atoms with E-state index in [1.165, 1.54) is 22.9 Å². The summed E-state index contributed by atoms with van der Waals surface area (Å²) in [6.45, 7) is 1.06. The van der Waals surface area contributed by atoms with Crippen molar-refractivity contribution in [3.05, 3.63) is 176 Å². The molecule has 1 fully saturated rings. The van der Waals surface area contributed by atoms with Gasteiger partial charge in [0.15, 0.2) is 10.8 Å². The standard InChI is InChI=1S/C47H42ClFN4O6/c48-45-42(28-51-53(47(45)56)41-23-24-43(54)52-46(41)55)59-38-19-16-35(50-27-38)8-4-5-25-57-36-17-11-32(12-18-36)44-39(31-9-14-34(49)15-10-31)21-13-33-26-37(20-22-40(33)44)58-29-30-6-2-1-3-7-30/h1-3,6-7,9-12,14-20,22,26-28,39,41,44H,4-5,8,13,21,23-25,29H2,(H,52,54,55). The lowest BCUT2D eigenvalue weighted by Crippen LogP contribution is -2.45. The van der Waals surface area contributed by atoms with Gasteiger partial charge in [-0.15, -0.1) is 0 Å². The van der Waals surface area contributed by atoms with E-state index in [1.54, 1.807) is 24.4 Å². The number of aryl methyl sites for hydroxylation is 2. The molecule has 3 unspecified atom stereocenters. The van der Waals surface area contributed by atoms with E-state index in [1.807, 2.05) is 48.5 Å². The van der Waals surface area contributed by atoms with Crippen molar-refractivity contribution in [3.63, 3.8) is 0 Å². The Bertz CT molecular complexity index is 2480. The minimum atomic E-state index is -0.923. The van der Waals surface area contributed by atoms with E-state index in [4.69, 9.17) is 25.8 Å². The lowest BCUT2D eigenvalue weighted by molar-refractivity contribution is -0.136. The van der Waals surface area contributed by atoms with E-state index in [0.717, 1.165) is 65.1 Å². The number of carbonyl (C=O) groups is 2. The lowest BCUT2D eigenvalue weighted by Gasteiger charge is -2.35.